The maximum absolute atomic E-state index is 2.45. The Morgan fingerprint density at radius 2 is 1.67 bits per heavy atom. The molecule has 0 amide bonds. The van der Waals surface area contributed by atoms with E-state index in [2.05, 4.69) is 41.5 Å². The van der Waals surface area contributed by atoms with E-state index in [9.17, 15) is 0 Å². The Kier molecular flexibility index (Phi) is 2.56. The van der Waals surface area contributed by atoms with E-state index in [1.807, 2.05) is 0 Å². The van der Waals surface area contributed by atoms with Crippen LogP contribution in [-0.2, 0) is 0 Å². The Morgan fingerprint density at radius 1 is 1.17 bits per heavy atom. The van der Waals surface area contributed by atoms with E-state index in [0.29, 0.717) is 5.41 Å². The summed E-state index contributed by atoms with van der Waals surface area (Å²) in [5, 5.41) is 0. The minimum absolute atomic E-state index is 0.563. The zero-order valence-corrected chi connectivity index (χ0v) is 9.52. The van der Waals surface area contributed by atoms with Crippen molar-refractivity contribution in [2.45, 2.75) is 48.0 Å². The van der Waals surface area contributed by atoms with Gasteiger partial charge in [0.2, 0.25) is 0 Å². The maximum Gasteiger partial charge on any atom is -0.0295 e. The van der Waals surface area contributed by atoms with Gasteiger partial charge in [-0.1, -0.05) is 41.5 Å². The zero-order valence-electron chi connectivity index (χ0n) is 9.52. The standard InChI is InChI=1S/C12H24/c1-8(2)11-9(3)7-10(4)12(11,5)6/h8-11H,7H2,1-6H3. The van der Waals surface area contributed by atoms with E-state index in [0.717, 1.165) is 23.7 Å². The minimum atomic E-state index is 0.563. The van der Waals surface area contributed by atoms with Crippen molar-refractivity contribution in [1.29, 1.82) is 0 Å². The Bertz CT molecular complexity index is 155. The van der Waals surface area contributed by atoms with Crippen LogP contribution in [0.3, 0.4) is 0 Å². The third kappa shape index (κ3) is 1.41. The molecule has 72 valence electrons. The molecule has 0 saturated heterocycles. The first kappa shape index (κ1) is 10.1. The van der Waals surface area contributed by atoms with Crippen LogP contribution in [0, 0.1) is 29.1 Å². The predicted molar refractivity (Wildman–Crippen MR) is 55.1 cm³/mol. The monoisotopic (exact) mass is 168 g/mol. The summed E-state index contributed by atoms with van der Waals surface area (Å²) in [6.07, 6.45) is 1.43. The topological polar surface area (TPSA) is 0 Å². The van der Waals surface area contributed by atoms with Gasteiger partial charge in [-0.3, -0.25) is 0 Å². The van der Waals surface area contributed by atoms with Crippen molar-refractivity contribution in [3.63, 3.8) is 0 Å². The van der Waals surface area contributed by atoms with Crippen molar-refractivity contribution in [1.82, 2.24) is 0 Å². The molecule has 1 saturated carbocycles. The van der Waals surface area contributed by atoms with Gasteiger partial charge >= 0.3 is 0 Å². The van der Waals surface area contributed by atoms with E-state index < -0.39 is 0 Å². The fourth-order valence-corrected chi connectivity index (χ4v) is 3.59. The molecule has 0 bridgehead atoms. The smallest absolute Gasteiger partial charge is 0.0295 e. The van der Waals surface area contributed by atoms with Gasteiger partial charge in [-0.05, 0) is 35.5 Å². The van der Waals surface area contributed by atoms with Crippen molar-refractivity contribution >= 4 is 0 Å². The van der Waals surface area contributed by atoms with Crippen LogP contribution >= 0.6 is 0 Å². The predicted octanol–water partition coefficient (Wildman–Crippen LogP) is 3.96. The summed E-state index contributed by atoms with van der Waals surface area (Å²) in [6, 6.07) is 0. The van der Waals surface area contributed by atoms with Crippen molar-refractivity contribution in [3.8, 4) is 0 Å². The summed E-state index contributed by atoms with van der Waals surface area (Å²) < 4.78 is 0. The largest absolute Gasteiger partial charge is 0.0625 e. The van der Waals surface area contributed by atoms with E-state index in [4.69, 9.17) is 0 Å². The molecule has 0 aromatic heterocycles. The molecule has 0 aliphatic heterocycles. The molecule has 3 unspecified atom stereocenters. The second-order valence-corrected chi connectivity index (χ2v) is 5.71. The Morgan fingerprint density at radius 3 is 1.83 bits per heavy atom. The first-order valence-electron chi connectivity index (χ1n) is 5.37. The second kappa shape index (κ2) is 3.05. The SMILES string of the molecule is CC(C)C1C(C)CC(C)C1(C)C. The molecule has 3 atom stereocenters. The lowest BCUT2D eigenvalue weighted by Gasteiger charge is -2.35. The molecule has 0 aromatic carbocycles. The molecular weight excluding hydrogens is 144 g/mol. The van der Waals surface area contributed by atoms with Gasteiger partial charge in [0.05, 0.1) is 0 Å². The minimum Gasteiger partial charge on any atom is -0.0625 e. The highest BCUT2D eigenvalue weighted by Gasteiger charge is 2.45. The quantitative estimate of drug-likeness (QED) is 0.556. The third-order valence-electron chi connectivity index (χ3n) is 4.19. The van der Waals surface area contributed by atoms with Gasteiger partial charge < -0.3 is 0 Å². The summed E-state index contributed by atoms with van der Waals surface area (Å²) in [7, 11) is 0. The van der Waals surface area contributed by atoms with Crippen LogP contribution in [0.5, 0.6) is 0 Å². The number of hydrogen-bond acceptors (Lipinski definition) is 0. The first-order chi connectivity index (χ1) is 5.37. The molecule has 0 heteroatoms. The lowest BCUT2D eigenvalue weighted by Crippen LogP contribution is -2.29. The van der Waals surface area contributed by atoms with E-state index in [-0.39, 0.29) is 0 Å². The molecular formula is C12H24. The Hall–Kier alpha value is 0. The summed E-state index contributed by atoms with van der Waals surface area (Å²) >= 11 is 0. The summed E-state index contributed by atoms with van der Waals surface area (Å²) in [5.41, 5.74) is 0.563. The molecule has 1 aliphatic carbocycles. The van der Waals surface area contributed by atoms with Crippen molar-refractivity contribution in [2.24, 2.45) is 29.1 Å². The van der Waals surface area contributed by atoms with Gasteiger partial charge in [0.1, 0.15) is 0 Å². The summed E-state index contributed by atoms with van der Waals surface area (Å²) in [4.78, 5) is 0. The van der Waals surface area contributed by atoms with E-state index in [1.165, 1.54) is 6.42 Å². The zero-order chi connectivity index (χ0) is 9.52. The van der Waals surface area contributed by atoms with Crippen LogP contribution in [-0.4, -0.2) is 0 Å². The van der Waals surface area contributed by atoms with E-state index >= 15 is 0 Å². The van der Waals surface area contributed by atoms with Crippen LogP contribution in [0.25, 0.3) is 0 Å². The van der Waals surface area contributed by atoms with Crippen molar-refractivity contribution in [2.75, 3.05) is 0 Å². The van der Waals surface area contributed by atoms with Gasteiger partial charge in [-0.15, -0.1) is 0 Å². The molecule has 0 heterocycles. The lowest BCUT2D eigenvalue weighted by molar-refractivity contribution is 0.134. The fourth-order valence-electron chi connectivity index (χ4n) is 3.59. The van der Waals surface area contributed by atoms with Crippen LogP contribution in [0.15, 0.2) is 0 Å². The molecule has 0 radical (unpaired) electrons. The number of hydrogen-bond donors (Lipinski definition) is 0. The summed E-state index contributed by atoms with van der Waals surface area (Å²) in [6.45, 7) is 14.5. The van der Waals surface area contributed by atoms with Crippen LogP contribution < -0.4 is 0 Å². The van der Waals surface area contributed by atoms with Crippen molar-refractivity contribution < 1.29 is 0 Å². The molecule has 0 nitrogen and oxygen atoms in total. The Labute approximate surface area is 77.7 Å². The average molecular weight is 168 g/mol. The normalized spacial score (nSPS) is 40.8. The van der Waals surface area contributed by atoms with Gasteiger partial charge in [-0.25, -0.2) is 0 Å². The third-order valence-corrected chi connectivity index (χ3v) is 4.19. The fraction of sp³-hybridized carbons (Fsp3) is 1.00. The number of rotatable bonds is 1. The van der Waals surface area contributed by atoms with Gasteiger partial charge in [-0.2, -0.15) is 0 Å². The molecule has 12 heavy (non-hydrogen) atoms. The molecule has 0 spiro atoms. The van der Waals surface area contributed by atoms with Gasteiger partial charge in [0.15, 0.2) is 0 Å². The van der Waals surface area contributed by atoms with Crippen LogP contribution in [0.4, 0.5) is 0 Å². The van der Waals surface area contributed by atoms with Gasteiger partial charge in [0, 0.05) is 0 Å². The van der Waals surface area contributed by atoms with Gasteiger partial charge in [0.25, 0.3) is 0 Å². The maximum atomic E-state index is 2.45. The van der Waals surface area contributed by atoms with Crippen LogP contribution in [0.1, 0.15) is 48.0 Å². The van der Waals surface area contributed by atoms with Crippen molar-refractivity contribution in [3.05, 3.63) is 0 Å². The Balaban J connectivity index is 2.83. The molecule has 1 aliphatic rings. The molecule has 0 aromatic rings. The average Bonchev–Trinajstić information content (AvgIpc) is 2.02. The molecule has 1 fully saturated rings. The van der Waals surface area contributed by atoms with E-state index in [1.54, 1.807) is 0 Å². The highest BCUT2D eigenvalue weighted by Crippen LogP contribution is 2.53. The van der Waals surface area contributed by atoms with Crippen LogP contribution in [0.2, 0.25) is 0 Å². The highest BCUT2D eigenvalue weighted by atomic mass is 14.5. The highest BCUT2D eigenvalue weighted by molar-refractivity contribution is 4.94. The molecule has 1 rings (SSSR count). The first-order valence-corrected chi connectivity index (χ1v) is 5.37. The molecule has 0 N–H and O–H groups in total. The lowest BCUT2D eigenvalue weighted by atomic mass is 9.70. The second-order valence-electron chi connectivity index (χ2n) is 5.71. The summed E-state index contributed by atoms with van der Waals surface area (Å²) in [5.74, 6) is 3.60.